The Bertz CT molecular complexity index is 991. The van der Waals surface area contributed by atoms with Gasteiger partial charge in [-0.15, -0.1) is 0 Å². The normalized spacial score (nSPS) is 11.0. The zero-order valence-electron chi connectivity index (χ0n) is 13.9. The van der Waals surface area contributed by atoms with Gasteiger partial charge in [-0.05, 0) is 54.6 Å². The number of para-hydroxylation sites is 1. The standard InChI is InChI=1S/C19H17ClN2O3S/c1-25-19-12-11-17(13-18(19)20)26(23,24)22-16-9-7-15(8-10-16)21-14-5-3-2-4-6-14/h2-13,21-22H,1H3. The molecular formula is C19H17ClN2O3S. The Morgan fingerprint density at radius 2 is 1.46 bits per heavy atom. The first kappa shape index (κ1) is 18.1. The molecule has 0 radical (unpaired) electrons. The van der Waals surface area contributed by atoms with Gasteiger partial charge in [0.05, 0.1) is 17.0 Å². The molecule has 2 N–H and O–H groups in total. The molecule has 0 saturated carbocycles. The first-order valence-electron chi connectivity index (χ1n) is 7.76. The van der Waals surface area contributed by atoms with Crippen LogP contribution in [0.1, 0.15) is 0 Å². The third-order valence-corrected chi connectivity index (χ3v) is 5.31. The summed E-state index contributed by atoms with van der Waals surface area (Å²) < 4.78 is 32.6. The summed E-state index contributed by atoms with van der Waals surface area (Å²) in [5.41, 5.74) is 2.26. The van der Waals surface area contributed by atoms with E-state index in [-0.39, 0.29) is 9.92 Å². The number of anilines is 3. The van der Waals surface area contributed by atoms with Crippen molar-refractivity contribution < 1.29 is 13.2 Å². The molecule has 0 aliphatic rings. The molecule has 0 atom stereocenters. The van der Waals surface area contributed by atoms with Crippen molar-refractivity contribution in [3.05, 3.63) is 77.8 Å². The smallest absolute Gasteiger partial charge is 0.261 e. The summed E-state index contributed by atoms with van der Waals surface area (Å²) in [5.74, 6) is 0.418. The van der Waals surface area contributed by atoms with Crippen LogP contribution in [0.4, 0.5) is 17.1 Å². The first-order valence-corrected chi connectivity index (χ1v) is 9.62. The fraction of sp³-hybridized carbons (Fsp3) is 0.0526. The van der Waals surface area contributed by atoms with E-state index in [1.54, 1.807) is 24.3 Å². The summed E-state index contributed by atoms with van der Waals surface area (Å²) >= 11 is 6.01. The second-order valence-corrected chi connectivity index (χ2v) is 7.56. The Hall–Kier alpha value is -2.70. The third-order valence-electron chi connectivity index (χ3n) is 3.63. The minimum absolute atomic E-state index is 0.0646. The predicted molar refractivity (Wildman–Crippen MR) is 105 cm³/mol. The molecule has 3 aromatic carbocycles. The second kappa shape index (κ2) is 7.68. The highest BCUT2D eigenvalue weighted by Gasteiger charge is 2.16. The van der Waals surface area contributed by atoms with E-state index in [0.717, 1.165) is 11.4 Å². The van der Waals surface area contributed by atoms with E-state index in [9.17, 15) is 8.42 Å². The average molecular weight is 389 g/mol. The van der Waals surface area contributed by atoms with Crippen LogP contribution in [0.25, 0.3) is 0 Å². The lowest BCUT2D eigenvalue weighted by atomic mass is 10.2. The van der Waals surface area contributed by atoms with E-state index in [4.69, 9.17) is 16.3 Å². The highest BCUT2D eigenvalue weighted by atomic mass is 35.5. The monoisotopic (exact) mass is 388 g/mol. The molecule has 0 aliphatic heterocycles. The van der Waals surface area contributed by atoms with Crippen LogP contribution in [0.5, 0.6) is 5.75 Å². The second-order valence-electron chi connectivity index (χ2n) is 5.47. The zero-order chi connectivity index (χ0) is 18.6. The minimum atomic E-state index is -3.74. The van der Waals surface area contributed by atoms with Gasteiger partial charge in [0, 0.05) is 17.1 Å². The number of hydrogen-bond acceptors (Lipinski definition) is 4. The van der Waals surface area contributed by atoms with Crippen LogP contribution in [0, 0.1) is 0 Å². The summed E-state index contributed by atoms with van der Waals surface area (Å²) in [6, 6.07) is 21.0. The van der Waals surface area contributed by atoms with Gasteiger partial charge in [-0.1, -0.05) is 29.8 Å². The zero-order valence-corrected chi connectivity index (χ0v) is 15.5. The molecule has 0 spiro atoms. The highest BCUT2D eigenvalue weighted by Crippen LogP contribution is 2.28. The van der Waals surface area contributed by atoms with Crippen LogP contribution in [-0.2, 0) is 10.0 Å². The van der Waals surface area contributed by atoms with Crippen LogP contribution in [0.15, 0.2) is 77.7 Å². The molecule has 7 heteroatoms. The van der Waals surface area contributed by atoms with Gasteiger partial charge in [0.15, 0.2) is 0 Å². The topological polar surface area (TPSA) is 67.4 Å². The largest absolute Gasteiger partial charge is 0.495 e. The van der Waals surface area contributed by atoms with E-state index in [2.05, 4.69) is 10.0 Å². The molecule has 0 unspecified atom stereocenters. The molecule has 0 aliphatic carbocycles. The quantitative estimate of drug-likeness (QED) is 0.630. The van der Waals surface area contributed by atoms with Gasteiger partial charge in [-0.2, -0.15) is 0 Å². The maximum atomic E-state index is 12.5. The van der Waals surface area contributed by atoms with Gasteiger partial charge in [0.2, 0.25) is 0 Å². The summed E-state index contributed by atoms with van der Waals surface area (Å²) in [5, 5.41) is 3.47. The maximum absolute atomic E-state index is 12.5. The van der Waals surface area contributed by atoms with Crippen LogP contribution in [-0.4, -0.2) is 15.5 Å². The number of rotatable bonds is 6. The number of halogens is 1. The molecular weight excluding hydrogens is 372 g/mol. The fourth-order valence-electron chi connectivity index (χ4n) is 2.34. The fourth-order valence-corrected chi connectivity index (χ4v) is 3.74. The third kappa shape index (κ3) is 4.28. The number of ether oxygens (including phenoxy) is 1. The highest BCUT2D eigenvalue weighted by molar-refractivity contribution is 7.92. The number of benzene rings is 3. The first-order chi connectivity index (χ1) is 12.5. The summed E-state index contributed by atoms with van der Waals surface area (Å²) in [7, 11) is -2.27. The Morgan fingerprint density at radius 3 is 2.08 bits per heavy atom. The van der Waals surface area contributed by atoms with Crippen LogP contribution in [0.2, 0.25) is 5.02 Å². The molecule has 0 bridgehead atoms. The summed E-state index contributed by atoms with van der Waals surface area (Å²) in [6.45, 7) is 0. The molecule has 0 fully saturated rings. The molecule has 26 heavy (non-hydrogen) atoms. The van der Waals surface area contributed by atoms with Crippen molar-refractivity contribution in [2.45, 2.75) is 4.90 Å². The maximum Gasteiger partial charge on any atom is 0.261 e. The van der Waals surface area contributed by atoms with Crippen molar-refractivity contribution in [1.82, 2.24) is 0 Å². The SMILES string of the molecule is COc1ccc(S(=O)(=O)Nc2ccc(Nc3ccccc3)cc2)cc1Cl. The Kier molecular flexibility index (Phi) is 5.35. The molecule has 134 valence electrons. The van der Waals surface area contributed by atoms with Crippen molar-refractivity contribution in [2.75, 3.05) is 17.1 Å². The lowest BCUT2D eigenvalue weighted by Crippen LogP contribution is -2.13. The van der Waals surface area contributed by atoms with E-state index in [1.807, 2.05) is 30.3 Å². The van der Waals surface area contributed by atoms with E-state index < -0.39 is 10.0 Å². The molecule has 0 heterocycles. The Morgan fingerprint density at radius 1 is 0.846 bits per heavy atom. The van der Waals surface area contributed by atoms with Crippen LogP contribution >= 0.6 is 11.6 Å². The van der Waals surface area contributed by atoms with Gasteiger partial charge in [0.25, 0.3) is 10.0 Å². The number of sulfonamides is 1. The lowest BCUT2D eigenvalue weighted by Gasteiger charge is -2.11. The van der Waals surface area contributed by atoms with Gasteiger partial charge in [-0.3, -0.25) is 4.72 Å². The average Bonchev–Trinajstić information content (AvgIpc) is 2.64. The number of nitrogens with one attached hydrogen (secondary N) is 2. The molecule has 3 rings (SSSR count). The Balaban J connectivity index is 1.74. The molecule has 0 amide bonds. The van der Waals surface area contributed by atoms with Gasteiger partial charge >= 0.3 is 0 Å². The minimum Gasteiger partial charge on any atom is -0.495 e. The van der Waals surface area contributed by atoms with E-state index in [0.29, 0.717) is 11.4 Å². The van der Waals surface area contributed by atoms with E-state index in [1.165, 1.54) is 25.3 Å². The Labute approximate surface area is 157 Å². The lowest BCUT2D eigenvalue weighted by molar-refractivity contribution is 0.414. The van der Waals surface area contributed by atoms with Crippen molar-refractivity contribution in [3.63, 3.8) is 0 Å². The van der Waals surface area contributed by atoms with Gasteiger partial charge < -0.3 is 10.1 Å². The van der Waals surface area contributed by atoms with Crippen molar-refractivity contribution in [2.24, 2.45) is 0 Å². The van der Waals surface area contributed by atoms with Crippen LogP contribution in [0.3, 0.4) is 0 Å². The number of hydrogen-bond donors (Lipinski definition) is 2. The molecule has 3 aromatic rings. The van der Waals surface area contributed by atoms with Gasteiger partial charge in [0.1, 0.15) is 5.75 Å². The van der Waals surface area contributed by atoms with Crippen molar-refractivity contribution in [1.29, 1.82) is 0 Å². The van der Waals surface area contributed by atoms with Crippen molar-refractivity contribution >= 4 is 38.7 Å². The molecule has 5 nitrogen and oxygen atoms in total. The van der Waals surface area contributed by atoms with Gasteiger partial charge in [-0.25, -0.2) is 8.42 Å². The summed E-state index contributed by atoms with van der Waals surface area (Å²) in [6.07, 6.45) is 0. The molecule has 0 saturated heterocycles. The summed E-state index contributed by atoms with van der Waals surface area (Å²) in [4.78, 5) is 0.0646. The molecule has 0 aromatic heterocycles. The van der Waals surface area contributed by atoms with E-state index >= 15 is 0 Å². The predicted octanol–water partition coefficient (Wildman–Crippen LogP) is 4.89. The van der Waals surface area contributed by atoms with Crippen LogP contribution < -0.4 is 14.8 Å². The number of methoxy groups -OCH3 is 1. The van der Waals surface area contributed by atoms with Crippen molar-refractivity contribution in [3.8, 4) is 5.75 Å².